The van der Waals surface area contributed by atoms with E-state index in [4.69, 9.17) is 9.47 Å². The molecule has 0 saturated carbocycles. The molecule has 0 aliphatic heterocycles. The lowest BCUT2D eigenvalue weighted by Gasteiger charge is -2.15. The van der Waals surface area contributed by atoms with E-state index >= 15 is 0 Å². The molecule has 2 aromatic carbocycles. The zero-order valence-corrected chi connectivity index (χ0v) is 15.4. The van der Waals surface area contributed by atoms with Crippen LogP contribution < -0.4 is 20.1 Å². The van der Waals surface area contributed by atoms with Gasteiger partial charge in [-0.2, -0.15) is 13.2 Å². The number of guanidine groups is 1. The van der Waals surface area contributed by atoms with Crippen LogP contribution in [0.1, 0.15) is 11.1 Å². The Hall–Kier alpha value is -2.97. The van der Waals surface area contributed by atoms with E-state index in [2.05, 4.69) is 15.6 Å². The molecule has 5 nitrogen and oxygen atoms in total. The maximum Gasteiger partial charge on any atom is 0.422 e. The minimum Gasteiger partial charge on any atom is -0.493 e. The van der Waals surface area contributed by atoms with Gasteiger partial charge >= 0.3 is 6.18 Å². The van der Waals surface area contributed by atoms with Gasteiger partial charge in [-0.25, -0.2) is 4.39 Å². The van der Waals surface area contributed by atoms with Crippen LogP contribution in [0.15, 0.2) is 47.5 Å². The molecule has 2 rings (SSSR count). The second-order valence-corrected chi connectivity index (χ2v) is 5.76. The van der Waals surface area contributed by atoms with Gasteiger partial charge in [-0.1, -0.05) is 24.3 Å². The van der Waals surface area contributed by atoms with Crippen molar-refractivity contribution in [3.63, 3.8) is 0 Å². The normalized spacial score (nSPS) is 11.9. The van der Waals surface area contributed by atoms with Gasteiger partial charge in [-0.3, -0.25) is 4.99 Å². The van der Waals surface area contributed by atoms with Crippen molar-refractivity contribution in [1.29, 1.82) is 0 Å². The number of benzene rings is 2. The van der Waals surface area contributed by atoms with Gasteiger partial charge in [0.05, 0.1) is 7.11 Å². The van der Waals surface area contributed by atoms with Crippen molar-refractivity contribution in [1.82, 2.24) is 10.6 Å². The molecular weight excluding hydrogens is 378 g/mol. The molecule has 2 aromatic rings. The molecule has 0 aliphatic carbocycles. The Morgan fingerprint density at radius 2 is 1.75 bits per heavy atom. The zero-order chi connectivity index (χ0) is 20.6. The number of methoxy groups -OCH3 is 1. The predicted octanol–water partition coefficient (Wildman–Crippen LogP) is 3.64. The summed E-state index contributed by atoms with van der Waals surface area (Å²) < 4.78 is 60.4. The lowest BCUT2D eigenvalue weighted by molar-refractivity contribution is -0.153. The van der Waals surface area contributed by atoms with Gasteiger partial charge in [0.1, 0.15) is 5.82 Å². The molecular formula is C19H21F4N3O2. The summed E-state index contributed by atoms with van der Waals surface area (Å²) in [6.07, 6.45) is -4.43. The van der Waals surface area contributed by atoms with E-state index in [0.717, 1.165) is 5.56 Å². The molecule has 0 aromatic heterocycles. The summed E-state index contributed by atoms with van der Waals surface area (Å²) in [5.41, 5.74) is 1.24. The van der Waals surface area contributed by atoms with E-state index in [-0.39, 0.29) is 23.9 Å². The highest BCUT2D eigenvalue weighted by atomic mass is 19.4. The molecule has 2 N–H and O–H groups in total. The average Bonchev–Trinajstić information content (AvgIpc) is 2.67. The van der Waals surface area contributed by atoms with Gasteiger partial charge < -0.3 is 20.1 Å². The first-order valence-corrected chi connectivity index (χ1v) is 8.37. The number of halogens is 4. The van der Waals surface area contributed by atoms with Crippen LogP contribution in [0, 0.1) is 5.82 Å². The van der Waals surface area contributed by atoms with Crippen LogP contribution in [0.3, 0.4) is 0 Å². The SMILES string of the molecule is CN=C(NCc1ccc(OCC(F)(F)F)c(OC)c1)NCc1ccccc1F. The second-order valence-electron chi connectivity index (χ2n) is 5.76. The van der Waals surface area contributed by atoms with Crippen molar-refractivity contribution < 1.29 is 27.0 Å². The van der Waals surface area contributed by atoms with Crippen LogP contribution in [0.25, 0.3) is 0 Å². The maximum atomic E-state index is 13.7. The highest BCUT2D eigenvalue weighted by Crippen LogP contribution is 2.29. The van der Waals surface area contributed by atoms with E-state index in [1.165, 1.54) is 19.2 Å². The van der Waals surface area contributed by atoms with Crippen LogP contribution in [0.4, 0.5) is 17.6 Å². The van der Waals surface area contributed by atoms with Crippen LogP contribution in [0.5, 0.6) is 11.5 Å². The number of alkyl halides is 3. The first kappa shape index (κ1) is 21.3. The van der Waals surface area contributed by atoms with Crippen molar-refractivity contribution >= 4 is 5.96 Å². The fourth-order valence-corrected chi connectivity index (χ4v) is 2.33. The van der Waals surface area contributed by atoms with E-state index in [1.54, 1.807) is 37.4 Å². The number of nitrogens with zero attached hydrogens (tertiary/aromatic N) is 1. The molecule has 0 amide bonds. The van der Waals surface area contributed by atoms with E-state index in [9.17, 15) is 17.6 Å². The Balaban J connectivity index is 1.94. The largest absolute Gasteiger partial charge is 0.493 e. The summed E-state index contributed by atoms with van der Waals surface area (Å²) >= 11 is 0. The van der Waals surface area contributed by atoms with Crippen molar-refractivity contribution in [3.05, 3.63) is 59.4 Å². The average molecular weight is 399 g/mol. The zero-order valence-electron chi connectivity index (χ0n) is 15.4. The molecule has 152 valence electrons. The molecule has 0 aliphatic rings. The Morgan fingerprint density at radius 3 is 2.39 bits per heavy atom. The lowest BCUT2D eigenvalue weighted by atomic mass is 10.2. The lowest BCUT2D eigenvalue weighted by Crippen LogP contribution is -2.36. The van der Waals surface area contributed by atoms with Gasteiger partial charge in [0.25, 0.3) is 0 Å². The summed E-state index contributed by atoms with van der Waals surface area (Å²) in [4.78, 5) is 4.06. The first-order chi connectivity index (χ1) is 13.3. The highest BCUT2D eigenvalue weighted by molar-refractivity contribution is 5.79. The highest BCUT2D eigenvalue weighted by Gasteiger charge is 2.29. The van der Waals surface area contributed by atoms with Gasteiger partial charge in [-0.15, -0.1) is 0 Å². The van der Waals surface area contributed by atoms with E-state index in [1.807, 2.05) is 0 Å². The Morgan fingerprint density at radius 1 is 1.04 bits per heavy atom. The van der Waals surface area contributed by atoms with Crippen molar-refractivity contribution in [3.8, 4) is 11.5 Å². The Kier molecular flexibility index (Phi) is 7.48. The number of hydrogen-bond acceptors (Lipinski definition) is 3. The summed E-state index contributed by atoms with van der Waals surface area (Å²) in [6, 6.07) is 11.0. The summed E-state index contributed by atoms with van der Waals surface area (Å²) in [5, 5.41) is 6.03. The smallest absolute Gasteiger partial charge is 0.422 e. The van der Waals surface area contributed by atoms with Gasteiger partial charge in [0.2, 0.25) is 0 Å². The number of nitrogens with one attached hydrogen (secondary N) is 2. The minimum atomic E-state index is -4.43. The molecule has 0 unspecified atom stereocenters. The van der Waals surface area contributed by atoms with Crippen molar-refractivity contribution in [2.45, 2.75) is 19.3 Å². The standard InChI is InChI=1S/C19H21F4N3O2/c1-24-18(26-11-14-5-3-4-6-15(14)20)25-10-13-7-8-16(17(9-13)27-2)28-12-19(21,22)23/h3-9H,10-12H2,1-2H3,(H2,24,25,26). The summed E-state index contributed by atoms with van der Waals surface area (Å²) in [5.74, 6) is 0.327. The summed E-state index contributed by atoms with van der Waals surface area (Å²) in [7, 11) is 2.92. The fraction of sp³-hybridized carbons (Fsp3) is 0.316. The fourth-order valence-electron chi connectivity index (χ4n) is 2.33. The van der Waals surface area contributed by atoms with Crippen molar-refractivity contribution in [2.24, 2.45) is 4.99 Å². The minimum absolute atomic E-state index is 0.00522. The quantitative estimate of drug-likeness (QED) is 0.424. The third-order valence-corrected chi connectivity index (χ3v) is 3.71. The van der Waals surface area contributed by atoms with Gasteiger partial charge in [-0.05, 0) is 23.8 Å². The van der Waals surface area contributed by atoms with Crippen LogP contribution >= 0.6 is 0 Å². The van der Waals surface area contributed by atoms with Gasteiger partial charge in [0.15, 0.2) is 24.1 Å². The number of rotatable bonds is 7. The molecule has 0 fully saturated rings. The van der Waals surface area contributed by atoms with E-state index in [0.29, 0.717) is 18.1 Å². The van der Waals surface area contributed by atoms with Crippen LogP contribution in [-0.4, -0.2) is 32.9 Å². The van der Waals surface area contributed by atoms with Crippen LogP contribution in [0.2, 0.25) is 0 Å². The monoisotopic (exact) mass is 399 g/mol. The van der Waals surface area contributed by atoms with Gasteiger partial charge in [0, 0.05) is 25.7 Å². The topological polar surface area (TPSA) is 54.9 Å². The molecule has 0 saturated heterocycles. The molecule has 0 bridgehead atoms. The second kappa shape index (κ2) is 9.82. The molecule has 9 heteroatoms. The third-order valence-electron chi connectivity index (χ3n) is 3.71. The maximum absolute atomic E-state index is 13.7. The molecule has 0 heterocycles. The molecule has 0 atom stereocenters. The van der Waals surface area contributed by atoms with E-state index < -0.39 is 12.8 Å². The predicted molar refractivity (Wildman–Crippen MR) is 98.0 cm³/mol. The van der Waals surface area contributed by atoms with Crippen molar-refractivity contribution in [2.75, 3.05) is 20.8 Å². The molecule has 0 spiro atoms. The number of ether oxygens (including phenoxy) is 2. The Bertz CT molecular complexity index is 810. The first-order valence-electron chi connectivity index (χ1n) is 8.37. The third kappa shape index (κ3) is 6.64. The molecule has 28 heavy (non-hydrogen) atoms. The number of aliphatic imine (C=N–C) groups is 1. The van der Waals surface area contributed by atoms with Crippen LogP contribution in [-0.2, 0) is 13.1 Å². The summed E-state index contributed by atoms with van der Waals surface area (Å²) in [6.45, 7) is -0.819. The molecule has 0 radical (unpaired) electrons. The number of hydrogen-bond donors (Lipinski definition) is 2. The Labute approximate surface area is 160 Å².